The summed E-state index contributed by atoms with van der Waals surface area (Å²) in [6.07, 6.45) is 0.324. The number of carbonyl (C=O) groups is 1. The lowest BCUT2D eigenvalue weighted by Crippen LogP contribution is -2.61. The van der Waals surface area contributed by atoms with E-state index in [4.69, 9.17) is 27.1 Å². The molecule has 3 fully saturated rings. The molecule has 0 bridgehead atoms. The smallest absolute Gasteiger partial charge is 0.418 e. The first-order valence-corrected chi connectivity index (χ1v) is 17.1. The normalized spacial score (nSPS) is 18.5. The van der Waals surface area contributed by atoms with Gasteiger partial charge < -0.3 is 25.2 Å². The van der Waals surface area contributed by atoms with E-state index in [1.165, 1.54) is 23.9 Å². The molecule has 2 N–H and O–H groups in total. The number of alkyl halides is 3. The van der Waals surface area contributed by atoms with Crippen LogP contribution in [0.4, 0.5) is 34.0 Å². The van der Waals surface area contributed by atoms with Gasteiger partial charge in [0.05, 0.1) is 34.0 Å². The maximum absolute atomic E-state index is 16.9. The molecule has 0 radical (unpaired) electrons. The van der Waals surface area contributed by atoms with E-state index in [1.54, 1.807) is 4.90 Å². The predicted molar refractivity (Wildman–Crippen MR) is 183 cm³/mol. The highest BCUT2D eigenvalue weighted by molar-refractivity contribution is 6.34. The van der Waals surface area contributed by atoms with E-state index in [-0.39, 0.29) is 82.7 Å². The summed E-state index contributed by atoms with van der Waals surface area (Å²) in [4.78, 5) is 32.5. The van der Waals surface area contributed by atoms with Crippen LogP contribution < -0.4 is 15.4 Å². The van der Waals surface area contributed by atoms with Gasteiger partial charge in [0.2, 0.25) is 0 Å². The summed E-state index contributed by atoms with van der Waals surface area (Å²) in [6.45, 7) is 6.93. The predicted octanol–water partition coefficient (Wildman–Crippen LogP) is 6.15. The van der Waals surface area contributed by atoms with E-state index in [0.717, 1.165) is 38.3 Å². The zero-order valence-corrected chi connectivity index (χ0v) is 29.7. The Kier molecular flexibility index (Phi) is 8.56. The highest BCUT2D eigenvalue weighted by Crippen LogP contribution is 2.48. The van der Waals surface area contributed by atoms with E-state index in [1.807, 2.05) is 32.8 Å². The van der Waals surface area contributed by atoms with Gasteiger partial charge in [0.15, 0.2) is 5.82 Å². The number of piperazine rings is 1. The summed E-state index contributed by atoms with van der Waals surface area (Å²) in [5, 5.41) is 7.98. The molecule has 1 saturated heterocycles. The van der Waals surface area contributed by atoms with Gasteiger partial charge in [-0.2, -0.15) is 23.1 Å². The van der Waals surface area contributed by atoms with Gasteiger partial charge in [-0.25, -0.2) is 18.7 Å². The van der Waals surface area contributed by atoms with Crippen LogP contribution in [0.25, 0.3) is 22.2 Å². The Balaban J connectivity index is 1.32. The van der Waals surface area contributed by atoms with Gasteiger partial charge >= 0.3 is 18.2 Å². The van der Waals surface area contributed by atoms with Crippen molar-refractivity contribution in [2.75, 3.05) is 57.5 Å². The van der Waals surface area contributed by atoms with Crippen molar-refractivity contribution in [1.29, 1.82) is 0 Å². The average molecular weight is 731 g/mol. The molecule has 4 aromatic rings. The van der Waals surface area contributed by atoms with E-state index in [2.05, 4.69) is 25.1 Å². The number of aryl methyl sites for hydroxylation is 1. The molecule has 7 rings (SSSR count). The molecule has 1 amide bonds. The van der Waals surface area contributed by atoms with E-state index >= 15 is 4.39 Å². The van der Waals surface area contributed by atoms with Crippen LogP contribution in [0.15, 0.2) is 18.5 Å². The maximum Gasteiger partial charge on any atom is 0.418 e. The second-order valence-corrected chi connectivity index (χ2v) is 15.3. The lowest BCUT2D eigenvalue weighted by Gasteiger charge is -2.47. The lowest BCUT2D eigenvalue weighted by atomic mass is 9.96. The van der Waals surface area contributed by atoms with Crippen LogP contribution in [0.1, 0.15) is 62.4 Å². The van der Waals surface area contributed by atoms with Crippen molar-refractivity contribution in [1.82, 2.24) is 39.5 Å². The average Bonchev–Trinajstić information content (AvgIpc) is 3.96. The summed E-state index contributed by atoms with van der Waals surface area (Å²) in [7, 11) is 3.93. The fourth-order valence-electron chi connectivity index (χ4n) is 7.17. The molecule has 51 heavy (non-hydrogen) atoms. The molecule has 17 heteroatoms. The Hall–Kier alpha value is -4.31. The molecule has 2 aliphatic carbocycles. The third-order valence-corrected chi connectivity index (χ3v) is 10.2. The van der Waals surface area contributed by atoms with Gasteiger partial charge in [0, 0.05) is 42.9 Å². The number of hydrogen-bond donors (Lipinski definition) is 1. The first-order valence-electron chi connectivity index (χ1n) is 16.8. The van der Waals surface area contributed by atoms with Crippen LogP contribution in [0.2, 0.25) is 5.02 Å². The van der Waals surface area contributed by atoms with Crippen LogP contribution >= 0.6 is 11.6 Å². The molecular formula is C34H39ClF4N10O2. The third kappa shape index (κ3) is 6.63. The molecule has 12 nitrogen and oxygen atoms in total. The first kappa shape index (κ1) is 35.1. The molecule has 3 aliphatic rings. The monoisotopic (exact) mass is 730 g/mol. The number of rotatable bonds is 8. The number of ether oxygens (including phenoxy) is 1. The minimum atomic E-state index is -4.88. The largest absolute Gasteiger partial charge is 0.463 e. The third-order valence-electron chi connectivity index (χ3n) is 9.87. The zero-order chi connectivity index (χ0) is 36.6. The molecule has 1 aliphatic heterocycles. The second-order valence-electron chi connectivity index (χ2n) is 14.9. The number of hydrogen-bond acceptors (Lipinski definition) is 10. The molecule has 272 valence electrons. The fourth-order valence-corrected chi connectivity index (χ4v) is 7.45. The maximum atomic E-state index is 16.9. The lowest BCUT2D eigenvalue weighted by molar-refractivity contribution is -0.137. The van der Waals surface area contributed by atoms with Crippen molar-refractivity contribution in [3.8, 4) is 17.3 Å². The minimum absolute atomic E-state index is 0.122. The zero-order valence-electron chi connectivity index (χ0n) is 29.0. The molecule has 3 aromatic heterocycles. The number of benzene rings is 1. The Morgan fingerprint density at radius 1 is 1.14 bits per heavy atom. The highest BCUT2D eigenvalue weighted by Gasteiger charge is 2.45. The van der Waals surface area contributed by atoms with Crippen LogP contribution in [0, 0.1) is 18.2 Å². The standard InChI is InChI=1S/C34H39ClF4N10O2/c1-18-12-22(40)42-27(24(18)34(37,38)39)23-21(35)13-20-26(25(23)36)43-30(51-16-33(8-9-33)15-46(4)5)44-29(20)49-11-10-47(14-32(49,2)3)31(50)48-17-41-45-28(48)19-6-7-19/h12-13,17,19H,6-11,14-16H2,1-5H3,(H2,40,42). The molecule has 2 saturated carbocycles. The Bertz CT molecular complexity index is 2030. The van der Waals surface area contributed by atoms with Gasteiger partial charge in [0.25, 0.3) is 0 Å². The Morgan fingerprint density at radius 3 is 2.49 bits per heavy atom. The molecule has 1 aromatic carbocycles. The van der Waals surface area contributed by atoms with Crippen molar-refractivity contribution < 1.29 is 27.1 Å². The SMILES string of the molecule is Cc1cc(N)nc(-c2c(Cl)cc3c(N4CCN(C(=O)n5cnnc5C5CC5)CC4(C)C)nc(OCC4(CN(C)C)CC4)nc3c2F)c1C(F)(F)F. The van der Waals surface area contributed by atoms with Gasteiger partial charge in [-0.3, -0.25) is 0 Å². The fraction of sp³-hybridized carbons (Fsp3) is 0.529. The Morgan fingerprint density at radius 2 is 1.86 bits per heavy atom. The van der Waals surface area contributed by atoms with E-state index in [0.29, 0.717) is 5.82 Å². The molecular weight excluding hydrogens is 692 g/mol. The number of halogens is 5. The minimum Gasteiger partial charge on any atom is -0.463 e. The van der Waals surface area contributed by atoms with E-state index in [9.17, 15) is 18.0 Å². The van der Waals surface area contributed by atoms with Gasteiger partial charge in [-0.1, -0.05) is 11.6 Å². The Labute approximate surface area is 296 Å². The number of anilines is 2. The number of carbonyl (C=O) groups excluding carboxylic acids is 1. The quantitative estimate of drug-likeness (QED) is 0.211. The number of fused-ring (bicyclic) bond motifs is 1. The number of amides is 1. The van der Waals surface area contributed by atoms with Crippen molar-refractivity contribution in [2.45, 2.75) is 64.1 Å². The van der Waals surface area contributed by atoms with Crippen molar-refractivity contribution >= 4 is 40.2 Å². The summed E-state index contributed by atoms with van der Waals surface area (Å²) in [5.41, 5.74) is 2.01. The van der Waals surface area contributed by atoms with Crippen LogP contribution in [0.3, 0.4) is 0 Å². The summed E-state index contributed by atoms with van der Waals surface area (Å²) < 4.78 is 67.7. The summed E-state index contributed by atoms with van der Waals surface area (Å²) >= 11 is 6.67. The summed E-state index contributed by atoms with van der Waals surface area (Å²) in [6, 6.07) is 2.06. The van der Waals surface area contributed by atoms with Crippen molar-refractivity contribution in [3.05, 3.63) is 46.3 Å². The van der Waals surface area contributed by atoms with Crippen LogP contribution in [-0.2, 0) is 6.18 Å². The van der Waals surface area contributed by atoms with Gasteiger partial charge in [-0.15, -0.1) is 10.2 Å². The molecule has 4 heterocycles. The molecule has 0 atom stereocenters. The van der Waals surface area contributed by atoms with Gasteiger partial charge in [-0.05, 0) is 78.2 Å². The number of nitrogens with zero attached hydrogens (tertiary/aromatic N) is 9. The molecule has 0 unspecified atom stereocenters. The second kappa shape index (κ2) is 12.4. The molecule has 0 spiro atoms. The van der Waals surface area contributed by atoms with Crippen molar-refractivity contribution in [2.24, 2.45) is 5.41 Å². The first-order chi connectivity index (χ1) is 24.0. The van der Waals surface area contributed by atoms with Crippen LogP contribution in [0.5, 0.6) is 6.01 Å². The number of nitrogens with two attached hydrogens (primary N) is 1. The van der Waals surface area contributed by atoms with Crippen LogP contribution in [-0.4, -0.2) is 98.0 Å². The van der Waals surface area contributed by atoms with Gasteiger partial charge in [0.1, 0.15) is 29.3 Å². The number of nitrogen functional groups attached to an aromatic ring is 1. The number of pyridine rings is 1. The highest BCUT2D eigenvalue weighted by atomic mass is 35.5. The van der Waals surface area contributed by atoms with E-state index < -0.39 is 34.4 Å². The number of aromatic nitrogens is 6. The topological polar surface area (TPSA) is 131 Å². The van der Waals surface area contributed by atoms with Crippen molar-refractivity contribution in [3.63, 3.8) is 0 Å². The summed E-state index contributed by atoms with van der Waals surface area (Å²) in [5.74, 6) is -0.208.